The van der Waals surface area contributed by atoms with Crippen molar-refractivity contribution >= 4 is 5.91 Å². The number of rotatable bonds is 3. The maximum Gasteiger partial charge on any atom is 0.412 e. The fourth-order valence-electron chi connectivity index (χ4n) is 2.03. The van der Waals surface area contributed by atoms with Crippen LogP contribution in [0.4, 0.5) is 17.6 Å². The van der Waals surface area contributed by atoms with Gasteiger partial charge in [-0.15, -0.1) is 0 Å². The SMILES string of the molecule is O=C(N[C@H](c1ccc(F)cc1)C(F)(F)F)[C@@H]1CCCO1. The molecule has 110 valence electrons. The first-order chi connectivity index (χ1) is 9.38. The molecule has 0 bridgehead atoms. The molecular weight excluding hydrogens is 278 g/mol. The third-order valence-electron chi connectivity index (χ3n) is 3.04. The average molecular weight is 291 g/mol. The lowest BCUT2D eigenvalue weighted by atomic mass is 10.1. The quantitative estimate of drug-likeness (QED) is 0.870. The van der Waals surface area contributed by atoms with Gasteiger partial charge in [-0.1, -0.05) is 12.1 Å². The van der Waals surface area contributed by atoms with Crippen LogP contribution >= 0.6 is 0 Å². The van der Waals surface area contributed by atoms with Gasteiger partial charge in [-0.3, -0.25) is 4.79 Å². The minimum absolute atomic E-state index is 0.217. The zero-order chi connectivity index (χ0) is 14.8. The van der Waals surface area contributed by atoms with Crippen LogP contribution < -0.4 is 5.32 Å². The molecule has 1 amide bonds. The molecule has 1 aromatic rings. The van der Waals surface area contributed by atoms with E-state index < -0.39 is 30.0 Å². The Morgan fingerprint density at radius 1 is 1.30 bits per heavy atom. The van der Waals surface area contributed by atoms with E-state index in [1.54, 1.807) is 0 Å². The first-order valence-electron chi connectivity index (χ1n) is 6.12. The fraction of sp³-hybridized carbons (Fsp3) is 0.462. The van der Waals surface area contributed by atoms with Gasteiger partial charge in [-0.05, 0) is 30.5 Å². The van der Waals surface area contributed by atoms with Crippen molar-refractivity contribution in [2.24, 2.45) is 0 Å². The lowest BCUT2D eigenvalue weighted by molar-refractivity contribution is -0.166. The van der Waals surface area contributed by atoms with Crippen molar-refractivity contribution in [3.63, 3.8) is 0 Å². The summed E-state index contributed by atoms with van der Waals surface area (Å²) in [4.78, 5) is 11.7. The number of alkyl halides is 3. The van der Waals surface area contributed by atoms with Crippen LogP contribution in [0.3, 0.4) is 0 Å². The van der Waals surface area contributed by atoms with E-state index in [-0.39, 0.29) is 5.56 Å². The Morgan fingerprint density at radius 2 is 1.95 bits per heavy atom. The van der Waals surface area contributed by atoms with E-state index in [9.17, 15) is 22.4 Å². The molecule has 0 spiro atoms. The van der Waals surface area contributed by atoms with Gasteiger partial charge in [0.25, 0.3) is 0 Å². The van der Waals surface area contributed by atoms with Crippen molar-refractivity contribution in [1.29, 1.82) is 0 Å². The van der Waals surface area contributed by atoms with Crippen LogP contribution in [-0.2, 0) is 9.53 Å². The number of amides is 1. The molecule has 7 heteroatoms. The summed E-state index contributed by atoms with van der Waals surface area (Å²) < 4.78 is 56.8. The Bertz CT molecular complexity index is 466. The number of carbonyl (C=O) groups excluding carboxylic acids is 1. The molecule has 2 rings (SSSR count). The predicted molar refractivity (Wildman–Crippen MR) is 62.3 cm³/mol. The Morgan fingerprint density at radius 3 is 2.45 bits per heavy atom. The Labute approximate surface area is 112 Å². The highest BCUT2D eigenvalue weighted by atomic mass is 19.4. The summed E-state index contributed by atoms with van der Waals surface area (Å²) in [7, 11) is 0. The summed E-state index contributed by atoms with van der Waals surface area (Å²) >= 11 is 0. The van der Waals surface area contributed by atoms with E-state index in [2.05, 4.69) is 0 Å². The first kappa shape index (κ1) is 14.8. The summed E-state index contributed by atoms with van der Waals surface area (Å²) in [5.74, 6) is -1.44. The number of halogens is 4. The smallest absolute Gasteiger partial charge is 0.368 e. The molecule has 1 fully saturated rings. The van der Waals surface area contributed by atoms with Crippen molar-refractivity contribution in [2.45, 2.75) is 31.2 Å². The second kappa shape index (κ2) is 5.78. The molecule has 1 aliphatic heterocycles. The van der Waals surface area contributed by atoms with Gasteiger partial charge >= 0.3 is 6.18 Å². The van der Waals surface area contributed by atoms with E-state index >= 15 is 0 Å². The third-order valence-corrected chi connectivity index (χ3v) is 3.04. The summed E-state index contributed by atoms with van der Waals surface area (Å²) in [6.07, 6.45) is -4.46. The zero-order valence-electron chi connectivity index (χ0n) is 10.4. The van der Waals surface area contributed by atoms with Crippen molar-refractivity contribution in [2.75, 3.05) is 6.61 Å². The molecule has 1 saturated heterocycles. The van der Waals surface area contributed by atoms with Crippen molar-refractivity contribution in [1.82, 2.24) is 5.32 Å². The van der Waals surface area contributed by atoms with Gasteiger partial charge in [0.05, 0.1) is 0 Å². The average Bonchev–Trinajstić information content (AvgIpc) is 2.89. The minimum Gasteiger partial charge on any atom is -0.368 e. The Hall–Kier alpha value is -1.63. The van der Waals surface area contributed by atoms with Crippen molar-refractivity contribution in [3.05, 3.63) is 35.6 Å². The number of benzene rings is 1. The van der Waals surface area contributed by atoms with Gasteiger partial charge in [0.2, 0.25) is 5.91 Å². The first-order valence-corrected chi connectivity index (χ1v) is 6.12. The molecular formula is C13H13F4NO2. The molecule has 1 aromatic carbocycles. The molecule has 20 heavy (non-hydrogen) atoms. The maximum absolute atomic E-state index is 13.0. The highest BCUT2D eigenvalue weighted by Crippen LogP contribution is 2.33. The van der Waals surface area contributed by atoms with Crippen LogP contribution in [0.5, 0.6) is 0 Å². The molecule has 0 aromatic heterocycles. The van der Waals surface area contributed by atoms with Crippen LogP contribution in [0.15, 0.2) is 24.3 Å². The molecule has 1 heterocycles. The fourth-order valence-corrected chi connectivity index (χ4v) is 2.03. The lowest BCUT2D eigenvalue weighted by Gasteiger charge is -2.23. The molecule has 0 aliphatic carbocycles. The van der Waals surface area contributed by atoms with E-state index in [1.807, 2.05) is 5.32 Å². The van der Waals surface area contributed by atoms with Gasteiger partial charge in [-0.25, -0.2) is 4.39 Å². The van der Waals surface area contributed by atoms with Crippen LogP contribution in [0, 0.1) is 5.82 Å². The number of nitrogens with one attached hydrogen (secondary N) is 1. The minimum atomic E-state index is -4.66. The van der Waals surface area contributed by atoms with Crippen LogP contribution in [0.2, 0.25) is 0 Å². The Balaban J connectivity index is 2.15. The van der Waals surface area contributed by atoms with Gasteiger partial charge < -0.3 is 10.1 Å². The highest BCUT2D eigenvalue weighted by molar-refractivity contribution is 5.81. The molecule has 0 saturated carbocycles. The molecule has 3 nitrogen and oxygen atoms in total. The largest absolute Gasteiger partial charge is 0.412 e. The lowest BCUT2D eigenvalue weighted by Crippen LogP contribution is -2.42. The second-order valence-electron chi connectivity index (χ2n) is 4.54. The van der Waals surface area contributed by atoms with Gasteiger partial charge in [0.1, 0.15) is 11.9 Å². The number of hydrogen-bond acceptors (Lipinski definition) is 2. The third kappa shape index (κ3) is 3.47. The topological polar surface area (TPSA) is 38.3 Å². The van der Waals surface area contributed by atoms with Gasteiger partial charge in [0, 0.05) is 6.61 Å². The van der Waals surface area contributed by atoms with E-state index in [1.165, 1.54) is 0 Å². The predicted octanol–water partition coefficient (Wildman–Crippen LogP) is 2.72. The highest BCUT2D eigenvalue weighted by Gasteiger charge is 2.43. The van der Waals surface area contributed by atoms with E-state index in [0.29, 0.717) is 19.4 Å². The van der Waals surface area contributed by atoms with E-state index in [0.717, 1.165) is 24.3 Å². The summed E-state index contributed by atoms with van der Waals surface area (Å²) in [5.41, 5.74) is -0.217. The number of ether oxygens (including phenoxy) is 1. The molecule has 1 N–H and O–H groups in total. The normalized spacial score (nSPS) is 20.7. The molecule has 1 aliphatic rings. The monoisotopic (exact) mass is 291 g/mol. The number of hydrogen-bond donors (Lipinski definition) is 1. The van der Waals surface area contributed by atoms with Crippen LogP contribution in [0.25, 0.3) is 0 Å². The van der Waals surface area contributed by atoms with Crippen LogP contribution in [0.1, 0.15) is 24.4 Å². The van der Waals surface area contributed by atoms with Crippen molar-refractivity contribution in [3.8, 4) is 0 Å². The maximum atomic E-state index is 13.0. The van der Waals surface area contributed by atoms with Crippen molar-refractivity contribution < 1.29 is 27.1 Å². The Kier molecular flexibility index (Phi) is 4.27. The van der Waals surface area contributed by atoms with Gasteiger partial charge in [0.15, 0.2) is 6.04 Å². The zero-order valence-corrected chi connectivity index (χ0v) is 10.4. The molecule has 0 unspecified atom stereocenters. The summed E-state index contributed by atoms with van der Waals surface area (Å²) in [6.45, 7) is 0.366. The molecule has 2 atom stereocenters. The van der Waals surface area contributed by atoms with Gasteiger partial charge in [-0.2, -0.15) is 13.2 Å². The summed E-state index contributed by atoms with van der Waals surface area (Å²) in [6, 6.07) is 1.69. The second-order valence-corrected chi connectivity index (χ2v) is 4.54. The van der Waals surface area contributed by atoms with Crippen LogP contribution in [-0.4, -0.2) is 24.8 Å². The standard InChI is InChI=1S/C13H13F4NO2/c14-9-5-3-8(4-6-9)11(13(15,16)17)18-12(19)10-2-1-7-20-10/h3-6,10-11H,1-2,7H2,(H,18,19)/t10-,11+/m0/s1. The summed E-state index contributed by atoms with van der Waals surface area (Å²) in [5, 5.41) is 1.92. The molecule has 0 radical (unpaired) electrons. The number of carbonyl (C=O) groups is 1. The van der Waals surface area contributed by atoms with E-state index in [4.69, 9.17) is 4.74 Å².